The Morgan fingerprint density at radius 1 is 1.38 bits per heavy atom. The van der Waals surface area contributed by atoms with Gasteiger partial charge >= 0.3 is 0 Å². The first-order valence-corrected chi connectivity index (χ1v) is 5.51. The van der Waals surface area contributed by atoms with Crippen LogP contribution >= 0.6 is 22.9 Å². The lowest BCUT2D eigenvalue weighted by Gasteiger charge is -2.08. The van der Waals surface area contributed by atoms with Gasteiger partial charge in [-0.2, -0.15) is 0 Å². The number of aliphatic hydroxyl groups excluding tert-OH is 1. The van der Waals surface area contributed by atoms with Crippen LogP contribution in [0.2, 0.25) is 4.34 Å². The molecule has 1 unspecified atom stereocenters. The topological polar surface area (TPSA) is 33.1 Å². The zero-order chi connectivity index (χ0) is 11.7. The molecule has 0 saturated heterocycles. The zero-order valence-electron chi connectivity index (χ0n) is 7.82. The third-order valence-corrected chi connectivity index (χ3v) is 3.15. The SMILES string of the molecule is OC(c1ncc(Cl)s1)c1ccc(F)cc1F. The molecule has 0 spiro atoms. The third-order valence-electron chi connectivity index (χ3n) is 1.99. The summed E-state index contributed by atoms with van der Waals surface area (Å²) in [5.74, 6) is -1.50. The molecule has 6 heteroatoms. The lowest BCUT2D eigenvalue weighted by atomic mass is 10.1. The maximum absolute atomic E-state index is 13.3. The Kier molecular flexibility index (Phi) is 3.18. The van der Waals surface area contributed by atoms with Crippen LogP contribution in [0.15, 0.2) is 24.4 Å². The van der Waals surface area contributed by atoms with E-state index in [-0.39, 0.29) is 10.6 Å². The number of hydrogen-bond acceptors (Lipinski definition) is 3. The molecular formula is C10H6ClF2NOS. The standard InChI is InChI=1S/C10H6ClF2NOS/c11-8-4-14-10(16-8)9(15)6-2-1-5(12)3-7(6)13/h1-4,9,15H. The number of halogens is 3. The summed E-state index contributed by atoms with van der Waals surface area (Å²) >= 11 is 6.70. The van der Waals surface area contributed by atoms with Gasteiger partial charge in [-0.25, -0.2) is 13.8 Å². The van der Waals surface area contributed by atoms with Gasteiger partial charge in [0.1, 0.15) is 27.1 Å². The molecule has 1 aromatic carbocycles. The Balaban J connectivity index is 2.37. The van der Waals surface area contributed by atoms with Gasteiger partial charge in [-0.05, 0) is 6.07 Å². The van der Waals surface area contributed by atoms with E-state index in [2.05, 4.69) is 4.98 Å². The monoisotopic (exact) mass is 261 g/mol. The maximum atomic E-state index is 13.3. The lowest BCUT2D eigenvalue weighted by Crippen LogP contribution is -2.02. The summed E-state index contributed by atoms with van der Waals surface area (Å²) in [4.78, 5) is 3.83. The van der Waals surface area contributed by atoms with Gasteiger partial charge in [0.15, 0.2) is 0 Å². The van der Waals surface area contributed by atoms with Crippen LogP contribution in [0.5, 0.6) is 0 Å². The fourth-order valence-electron chi connectivity index (χ4n) is 1.25. The average Bonchev–Trinajstić information content (AvgIpc) is 2.64. The van der Waals surface area contributed by atoms with Gasteiger partial charge in [0.05, 0.1) is 6.20 Å². The molecular weight excluding hydrogens is 256 g/mol. The number of hydrogen-bond donors (Lipinski definition) is 1. The predicted octanol–water partition coefficient (Wildman–Crippen LogP) is 3.16. The Morgan fingerprint density at radius 3 is 2.69 bits per heavy atom. The summed E-state index contributed by atoms with van der Waals surface area (Å²) in [5.41, 5.74) is -0.0209. The Labute approximate surface area is 99.1 Å². The highest BCUT2D eigenvalue weighted by molar-refractivity contribution is 7.15. The molecule has 16 heavy (non-hydrogen) atoms. The molecule has 0 aliphatic heterocycles. The number of rotatable bonds is 2. The highest BCUT2D eigenvalue weighted by atomic mass is 35.5. The molecule has 0 aliphatic carbocycles. The minimum atomic E-state index is -1.22. The molecule has 1 N–H and O–H groups in total. The smallest absolute Gasteiger partial charge is 0.133 e. The highest BCUT2D eigenvalue weighted by Gasteiger charge is 2.18. The van der Waals surface area contributed by atoms with Gasteiger partial charge in [0, 0.05) is 11.6 Å². The van der Waals surface area contributed by atoms with Crippen molar-refractivity contribution in [1.82, 2.24) is 4.98 Å². The first-order valence-electron chi connectivity index (χ1n) is 4.32. The number of benzene rings is 1. The Hall–Kier alpha value is -1.04. The Morgan fingerprint density at radius 2 is 2.12 bits per heavy atom. The Bertz CT molecular complexity index is 517. The van der Waals surface area contributed by atoms with Crippen molar-refractivity contribution in [3.63, 3.8) is 0 Å². The van der Waals surface area contributed by atoms with E-state index >= 15 is 0 Å². The van der Waals surface area contributed by atoms with E-state index < -0.39 is 17.7 Å². The fraction of sp³-hybridized carbons (Fsp3) is 0.100. The van der Waals surface area contributed by atoms with E-state index in [1.165, 1.54) is 12.3 Å². The van der Waals surface area contributed by atoms with E-state index in [1.807, 2.05) is 0 Å². The van der Waals surface area contributed by atoms with Crippen molar-refractivity contribution in [3.8, 4) is 0 Å². The lowest BCUT2D eigenvalue weighted by molar-refractivity contribution is 0.214. The molecule has 1 atom stereocenters. The molecule has 0 bridgehead atoms. The van der Waals surface area contributed by atoms with Crippen LogP contribution in [0.1, 0.15) is 16.7 Å². The summed E-state index contributed by atoms with van der Waals surface area (Å²) < 4.78 is 26.4. The molecule has 0 fully saturated rings. The van der Waals surface area contributed by atoms with E-state index in [9.17, 15) is 13.9 Å². The van der Waals surface area contributed by atoms with Crippen molar-refractivity contribution in [1.29, 1.82) is 0 Å². The number of aromatic nitrogens is 1. The van der Waals surface area contributed by atoms with Crippen molar-refractivity contribution in [3.05, 3.63) is 50.9 Å². The molecule has 1 aromatic heterocycles. The largest absolute Gasteiger partial charge is 0.381 e. The summed E-state index contributed by atoms with van der Waals surface area (Å²) in [5, 5.41) is 10.1. The molecule has 0 saturated carbocycles. The van der Waals surface area contributed by atoms with Gasteiger partial charge in [-0.1, -0.05) is 17.7 Å². The summed E-state index contributed by atoms with van der Waals surface area (Å²) in [6.45, 7) is 0. The normalized spacial score (nSPS) is 12.8. The fourth-order valence-corrected chi connectivity index (χ4v) is 2.18. The maximum Gasteiger partial charge on any atom is 0.133 e. The van der Waals surface area contributed by atoms with Crippen molar-refractivity contribution >= 4 is 22.9 Å². The molecule has 84 valence electrons. The summed E-state index contributed by atoms with van der Waals surface area (Å²) in [7, 11) is 0. The molecule has 1 heterocycles. The molecule has 0 amide bonds. The van der Waals surface area contributed by atoms with Gasteiger partial charge in [-0.15, -0.1) is 11.3 Å². The van der Waals surface area contributed by atoms with Crippen molar-refractivity contribution in [2.24, 2.45) is 0 Å². The van der Waals surface area contributed by atoms with Crippen LogP contribution < -0.4 is 0 Å². The van der Waals surface area contributed by atoms with E-state index in [1.54, 1.807) is 0 Å². The highest BCUT2D eigenvalue weighted by Crippen LogP contribution is 2.29. The summed E-state index contributed by atoms with van der Waals surface area (Å²) in [6, 6.07) is 2.98. The second kappa shape index (κ2) is 4.45. The molecule has 0 radical (unpaired) electrons. The van der Waals surface area contributed by atoms with Crippen molar-refractivity contribution in [2.75, 3.05) is 0 Å². The van der Waals surface area contributed by atoms with E-state index in [4.69, 9.17) is 11.6 Å². The first kappa shape index (κ1) is 11.4. The number of nitrogens with zero attached hydrogens (tertiary/aromatic N) is 1. The van der Waals surface area contributed by atoms with Gasteiger partial charge < -0.3 is 5.11 Å². The van der Waals surface area contributed by atoms with Crippen LogP contribution in [0, 0.1) is 11.6 Å². The van der Waals surface area contributed by atoms with Crippen LogP contribution in [0.4, 0.5) is 8.78 Å². The number of aliphatic hydroxyl groups is 1. The molecule has 2 aromatic rings. The van der Waals surface area contributed by atoms with Gasteiger partial charge in [-0.3, -0.25) is 0 Å². The van der Waals surface area contributed by atoms with Crippen molar-refractivity contribution in [2.45, 2.75) is 6.10 Å². The van der Waals surface area contributed by atoms with Crippen LogP contribution in [0.3, 0.4) is 0 Å². The third kappa shape index (κ3) is 2.21. The molecule has 2 nitrogen and oxygen atoms in total. The van der Waals surface area contributed by atoms with Crippen LogP contribution in [0.25, 0.3) is 0 Å². The second-order valence-electron chi connectivity index (χ2n) is 3.07. The van der Waals surface area contributed by atoms with E-state index in [0.717, 1.165) is 17.4 Å². The predicted molar refractivity (Wildman–Crippen MR) is 57.5 cm³/mol. The van der Waals surface area contributed by atoms with Gasteiger partial charge in [0.25, 0.3) is 0 Å². The van der Waals surface area contributed by atoms with Crippen LogP contribution in [-0.2, 0) is 0 Å². The summed E-state index contributed by atoms with van der Waals surface area (Å²) in [6.07, 6.45) is 0.143. The zero-order valence-corrected chi connectivity index (χ0v) is 9.40. The van der Waals surface area contributed by atoms with Gasteiger partial charge in [0.2, 0.25) is 0 Å². The second-order valence-corrected chi connectivity index (χ2v) is 4.76. The van der Waals surface area contributed by atoms with E-state index in [0.29, 0.717) is 10.4 Å². The first-order chi connectivity index (χ1) is 7.58. The van der Waals surface area contributed by atoms with Crippen molar-refractivity contribution < 1.29 is 13.9 Å². The average molecular weight is 262 g/mol. The molecule has 2 rings (SSSR count). The molecule has 0 aliphatic rings. The van der Waals surface area contributed by atoms with Crippen LogP contribution in [-0.4, -0.2) is 10.1 Å². The minimum absolute atomic E-state index is 0.0209. The minimum Gasteiger partial charge on any atom is -0.381 e. The quantitative estimate of drug-likeness (QED) is 0.901. The number of thiazole rings is 1.